The number of aromatic carboxylic acids is 1. The lowest BCUT2D eigenvalue weighted by Gasteiger charge is -2.03. The van der Waals surface area contributed by atoms with Crippen molar-refractivity contribution in [2.45, 2.75) is 6.92 Å². The number of hydrogen-bond donors (Lipinski definition) is 1. The van der Waals surface area contributed by atoms with E-state index in [4.69, 9.17) is 5.11 Å². The molecule has 2 heterocycles. The van der Waals surface area contributed by atoms with Gasteiger partial charge in [-0.25, -0.2) is 14.5 Å². The Bertz CT molecular complexity index is 505. The van der Waals surface area contributed by atoms with Crippen molar-refractivity contribution in [3.05, 3.63) is 41.9 Å². The molecule has 0 amide bonds. The van der Waals surface area contributed by atoms with Gasteiger partial charge in [-0.05, 0) is 24.6 Å². The summed E-state index contributed by atoms with van der Waals surface area (Å²) in [5.41, 5.74) is 1.09. The standard InChI is InChI=1S/C10H9N3O2/c1-7-5-12-13(6-7)9-8(10(14)15)3-2-4-11-9/h2-6H,1H3,(H,14,15). The van der Waals surface area contributed by atoms with E-state index < -0.39 is 5.97 Å². The quantitative estimate of drug-likeness (QED) is 0.798. The monoisotopic (exact) mass is 203 g/mol. The summed E-state index contributed by atoms with van der Waals surface area (Å²) in [6, 6.07) is 3.09. The maximum absolute atomic E-state index is 10.9. The smallest absolute Gasteiger partial charge is 0.339 e. The second kappa shape index (κ2) is 3.53. The van der Waals surface area contributed by atoms with Crippen LogP contribution in [0.5, 0.6) is 0 Å². The molecule has 0 fully saturated rings. The average molecular weight is 203 g/mol. The molecule has 2 aromatic rings. The fraction of sp³-hybridized carbons (Fsp3) is 0.100. The Morgan fingerprint density at radius 2 is 2.33 bits per heavy atom. The van der Waals surface area contributed by atoms with Crippen molar-refractivity contribution >= 4 is 5.97 Å². The van der Waals surface area contributed by atoms with Crippen LogP contribution in [0.3, 0.4) is 0 Å². The average Bonchev–Trinajstić information content (AvgIpc) is 2.65. The summed E-state index contributed by atoms with van der Waals surface area (Å²) in [5.74, 6) is -0.677. The van der Waals surface area contributed by atoms with Gasteiger partial charge in [0.2, 0.25) is 0 Å². The molecule has 0 aromatic carbocycles. The van der Waals surface area contributed by atoms with Gasteiger partial charge in [-0.15, -0.1) is 0 Å². The molecule has 1 N–H and O–H groups in total. The van der Waals surface area contributed by atoms with Crippen LogP contribution in [0.1, 0.15) is 15.9 Å². The third kappa shape index (κ3) is 1.71. The minimum atomic E-state index is -1.01. The van der Waals surface area contributed by atoms with Crippen molar-refractivity contribution in [1.82, 2.24) is 14.8 Å². The molecule has 0 aliphatic heterocycles. The highest BCUT2D eigenvalue weighted by Crippen LogP contribution is 2.10. The van der Waals surface area contributed by atoms with Gasteiger partial charge in [-0.3, -0.25) is 0 Å². The molecule has 15 heavy (non-hydrogen) atoms. The van der Waals surface area contributed by atoms with Crippen molar-refractivity contribution in [2.75, 3.05) is 0 Å². The van der Waals surface area contributed by atoms with E-state index in [9.17, 15) is 4.79 Å². The van der Waals surface area contributed by atoms with Crippen LogP contribution in [0, 0.1) is 6.92 Å². The molecular formula is C10H9N3O2. The van der Waals surface area contributed by atoms with Crippen molar-refractivity contribution in [1.29, 1.82) is 0 Å². The molecule has 0 spiro atoms. The number of carboxylic acid groups (broad SMARTS) is 1. The van der Waals surface area contributed by atoms with Gasteiger partial charge in [0.25, 0.3) is 0 Å². The van der Waals surface area contributed by atoms with E-state index >= 15 is 0 Å². The van der Waals surface area contributed by atoms with Gasteiger partial charge in [-0.1, -0.05) is 0 Å². The van der Waals surface area contributed by atoms with Crippen LogP contribution in [0.2, 0.25) is 0 Å². The lowest BCUT2D eigenvalue weighted by molar-refractivity contribution is 0.0696. The fourth-order valence-electron chi connectivity index (χ4n) is 1.28. The fourth-order valence-corrected chi connectivity index (χ4v) is 1.28. The Hall–Kier alpha value is -2.17. The Morgan fingerprint density at radius 3 is 2.93 bits per heavy atom. The molecule has 5 heteroatoms. The maximum Gasteiger partial charge on any atom is 0.339 e. The first-order valence-corrected chi connectivity index (χ1v) is 4.38. The number of aromatic nitrogens is 3. The lowest BCUT2D eigenvalue weighted by Crippen LogP contribution is -2.07. The van der Waals surface area contributed by atoms with Gasteiger partial charge < -0.3 is 5.11 Å². The van der Waals surface area contributed by atoms with Crippen LogP contribution in [-0.4, -0.2) is 25.8 Å². The highest BCUT2D eigenvalue weighted by atomic mass is 16.4. The van der Waals surface area contributed by atoms with Crippen LogP contribution >= 0.6 is 0 Å². The summed E-state index contributed by atoms with van der Waals surface area (Å²) >= 11 is 0. The molecule has 5 nitrogen and oxygen atoms in total. The highest BCUT2D eigenvalue weighted by molar-refractivity contribution is 5.90. The summed E-state index contributed by atoms with van der Waals surface area (Å²) in [5, 5.41) is 13.0. The molecule has 0 aliphatic carbocycles. The van der Waals surface area contributed by atoms with Crippen molar-refractivity contribution in [3.8, 4) is 5.82 Å². The first kappa shape index (κ1) is 9.39. The number of pyridine rings is 1. The molecule has 0 atom stereocenters. The molecule has 0 unspecified atom stereocenters. The van der Waals surface area contributed by atoms with Crippen LogP contribution in [-0.2, 0) is 0 Å². The zero-order valence-electron chi connectivity index (χ0n) is 8.08. The van der Waals surface area contributed by atoms with Crippen LogP contribution < -0.4 is 0 Å². The third-order valence-electron chi connectivity index (χ3n) is 1.95. The first-order valence-electron chi connectivity index (χ1n) is 4.38. The van der Waals surface area contributed by atoms with Crippen LogP contribution in [0.25, 0.3) is 5.82 Å². The van der Waals surface area contributed by atoms with Crippen LogP contribution in [0.4, 0.5) is 0 Å². The SMILES string of the molecule is Cc1cnn(-c2ncccc2C(=O)O)c1. The molecule has 0 saturated heterocycles. The summed E-state index contributed by atoms with van der Waals surface area (Å²) < 4.78 is 1.46. The van der Waals surface area contributed by atoms with Crippen molar-refractivity contribution < 1.29 is 9.90 Å². The summed E-state index contributed by atoms with van der Waals surface area (Å²) in [6.45, 7) is 1.88. The van der Waals surface area contributed by atoms with Crippen molar-refractivity contribution in [3.63, 3.8) is 0 Å². The molecule has 0 radical (unpaired) electrons. The van der Waals surface area contributed by atoms with Gasteiger partial charge in [0, 0.05) is 12.4 Å². The van der Waals surface area contributed by atoms with E-state index in [0.29, 0.717) is 5.82 Å². The van der Waals surface area contributed by atoms with Gasteiger partial charge in [-0.2, -0.15) is 5.10 Å². The zero-order valence-corrected chi connectivity index (χ0v) is 8.08. The Labute approximate surface area is 86.0 Å². The third-order valence-corrected chi connectivity index (χ3v) is 1.95. The second-order valence-electron chi connectivity index (χ2n) is 3.14. The number of aryl methyl sites for hydroxylation is 1. The van der Waals surface area contributed by atoms with E-state index in [1.54, 1.807) is 24.7 Å². The normalized spacial score (nSPS) is 10.2. The predicted octanol–water partition coefficient (Wildman–Crippen LogP) is 1.27. The number of carbonyl (C=O) groups is 1. The Morgan fingerprint density at radius 1 is 1.53 bits per heavy atom. The van der Waals surface area contributed by atoms with E-state index in [2.05, 4.69) is 10.1 Å². The first-order chi connectivity index (χ1) is 7.18. The summed E-state index contributed by atoms with van der Waals surface area (Å²) in [7, 11) is 0. The topological polar surface area (TPSA) is 68.0 Å². The molecule has 76 valence electrons. The summed E-state index contributed by atoms with van der Waals surface area (Å²) in [4.78, 5) is 14.9. The van der Waals surface area contributed by atoms with E-state index in [1.807, 2.05) is 6.92 Å². The van der Waals surface area contributed by atoms with Gasteiger partial charge in [0.15, 0.2) is 5.82 Å². The van der Waals surface area contributed by atoms with Gasteiger partial charge >= 0.3 is 5.97 Å². The molecule has 0 saturated carbocycles. The lowest BCUT2D eigenvalue weighted by atomic mass is 10.2. The number of hydrogen-bond acceptors (Lipinski definition) is 3. The minimum absolute atomic E-state index is 0.139. The van der Waals surface area contributed by atoms with Gasteiger partial charge in [0.1, 0.15) is 5.56 Å². The second-order valence-corrected chi connectivity index (χ2v) is 3.14. The molecule has 0 aliphatic rings. The number of nitrogens with zero attached hydrogens (tertiary/aromatic N) is 3. The zero-order chi connectivity index (χ0) is 10.8. The maximum atomic E-state index is 10.9. The van der Waals surface area contributed by atoms with Crippen molar-refractivity contribution in [2.24, 2.45) is 0 Å². The highest BCUT2D eigenvalue weighted by Gasteiger charge is 2.12. The Kier molecular flexibility index (Phi) is 2.21. The molecule has 2 aromatic heterocycles. The number of carboxylic acids is 1. The predicted molar refractivity (Wildman–Crippen MR) is 53.1 cm³/mol. The van der Waals surface area contributed by atoms with E-state index in [0.717, 1.165) is 5.56 Å². The largest absolute Gasteiger partial charge is 0.478 e. The van der Waals surface area contributed by atoms with E-state index in [-0.39, 0.29) is 5.56 Å². The minimum Gasteiger partial charge on any atom is -0.478 e. The number of rotatable bonds is 2. The Balaban J connectivity index is 2.57. The molecular weight excluding hydrogens is 194 g/mol. The van der Waals surface area contributed by atoms with E-state index in [1.165, 1.54) is 10.7 Å². The van der Waals surface area contributed by atoms with Gasteiger partial charge in [0.05, 0.1) is 6.20 Å². The molecule has 0 bridgehead atoms. The van der Waals surface area contributed by atoms with Crippen LogP contribution in [0.15, 0.2) is 30.7 Å². The summed E-state index contributed by atoms with van der Waals surface area (Å²) in [6.07, 6.45) is 4.92. The molecule has 2 rings (SSSR count).